The lowest BCUT2D eigenvalue weighted by Crippen LogP contribution is -2.13. The van der Waals surface area contributed by atoms with Crippen molar-refractivity contribution in [2.45, 2.75) is 18.2 Å². The number of nitrogens with one attached hydrogen (secondary N) is 1. The first-order chi connectivity index (χ1) is 16.0. The zero-order valence-corrected chi connectivity index (χ0v) is 18.6. The van der Waals surface area contributed by atoms with E-state index in [0.29, 0.717) is 28.5 Å². The third kappa shape index (κ3) is 4.18. The fourth-order valence-corrected chi connectivity index (χ4v) is 4.51. The number of sulfonamides is 1. The third-order valence-electron chi connectivity index (χ3n) is 5.21. The molecule has 0 amide bonds. The van der Waals surface area contributed by atoms with Crippen molar-refractivity contribution in [2.75, 3.05) is 4.72 Å². The molecule has 0 aliphatic carbocycles. The SMILES string of the molecule is CCc1ccc(S(=O)(=O)Nc2cccc(-c3ccc4nnc(-c5ccccn5)n4n3)c2)cc1. The molecule has 3 heterocycles. The monoisotopic (exact) mass is 456 g/mol. The summed E-state index contributed by atoms with van der Waals surface area (Å²) in [5.41, 5.74) is 4.17. The average Bonchev–Trinajstić information content (AvgIpc) is 3.28. The fraction of sp³-hybridized carbons (Fsp3) is 0.0833. The summed E-state index contributed by atoms with van der Waals surface area (Å²) < 4.78 is 30.0. The van der Waals surface area contributed by atoms with Crippen LogP contribution >= 0.6 is 0 Å². The second kappa shape index (κ2) is 8.44. The lowest BCUT2D eigenvalue weighted by Gasteiger charge is -2.10. The first-order valence-electron chi connectivity index (χ1n) is 10.4. The number of benzene rings is 2. The Morgan fingerprint density at radius 1 is 0.879 bits per heavy atom. The standard InChI is InChI=1S/C24H20N6O2S/c1-2-17-9-11-20(12-10-17)33(31,32)29-19-7-5-6-18(16-19)21-13-14-23-26-27-24(30(23)28-21)22-8-3-4-15-25-22/h3-16,29H,2H2,1H3. The molecule has 0 unspecified atom stereocenters. The zero-order chi connectivity index (χ0) is 22.8. The first-order valence-corrected chi connectivity index (χ1v) is 11.9. The van der Waals surface area contributed by atoms with Crippen molar-refractivity contribution in [1.29, 1.82) is 0 Å². The molecule has 5 rings (SSSR count). The lowest BCUT2D eigenvalue weighted by atomic mass is 10.1. The largest absolute Gasteiger partial charge is 0.280 e. The van der Waals surface area contributed by atoms with E-state index in [0.717, 1.165) is 17.5 Å². The summed E-state index contributed by atoms with van der Waals surface area (Å²) in [6.07, 6.45) is 2.53. The Hall–Kier alpha value is -4.11. The van der Waals surface area contributed by atoms with Crippen LogP contribution in [0.5, 0.6) is 0 Å². The number of aromatic nitrogens is 5. The fourth-order valence-electron chi connectivity index (χ4n) is 3.46. The Balaban J connectivity index is 1.47. The lowest BCUT2D eigenvalue weighted by molar-refractivity contribution is 0.601. The van der Waals surface area contributed by atoms with Crippen LogP contribution in [0.15, 0.2) is 90.0 Å². The number of fused-ring (bicyclic) bond motifs is 1. The summed E-state index contributed by atoms with van der Waals surface area (Å²) in [5, 5.41) is 13.0. The predicted octanol–water partition coefficient (Wildman–Crippen LogP) is 4.22. The van der Waals surface area contributed by atoms with Gasteiger partial charge in [-0.1, -0.05) is 37.3 Å². The van der Waals surface area contributed by atoms with Crippen LogP contribution in [0, 0.1) is 0 Å². The molecule has 0 spiro atoms. The number of rotatable bonds is 6. The highest BCUT2D eigenvalue weighted by Gasteiger charge is 2.15. The van der Waals surface area contributed by atoms with E-state index in [1.165, 1.54) is 0 Å². The molecule has 0 saturated carbocycles. The highest BCUT2D eigenvalue weighted by molar-refractivity contribution is 7.92. The summed E-state index contributed by atoms with van der Waals surface area (Å²) in [5.74, 6) is 0.528. The molecule has 0 radical (unpaired) electrons. The molecule has 0 atom stereocenters. The summed E-state index contributed by atoms with van der Waals surface area (Å²) in [4.78, 5) is 4.54. The number of pyridine rings is 1. The summed E-state index contributed by atoms with van der Waals surface area (Å²) in [6, 6.07) is 23.2. The zero-order valence-electron chi connectivity index (χ0n) is 17.8. The Bertz CT molecular complexity index is 1530. The maximum Gasteiger partial charge on any atom is 0.261 e. The van der Waals surface area contributed by atoms with E-state index in [2.05, 4.69) is 25.0 Å². The van der Waals surface area contributed by atoms with Crippen LogP contribution in [0.3, 0.4) is 0 Å². The van der Waals surface area contributed by atoms with Crippen molar-refractivity contribution in [3.63, 3.8) is 0 Å². The number of hydrogen-bond donors (Lipinski definition) is 1. The number of anilines is 1. The van der Waals surface area contributed by atoms with Gasteiger partial charge in [0.1, 0.15) is 5.69 Å². The van der Waals surface area contributed by atoms with Gasteiger partial charge in [-0.25, -0.2) is 8.42 Å². The van der Waals surface area contributed by atoms with Crippen LogP contribution in [0.25, 0.3) is 28.4 Å². The average molecular weight is 457 g/mol. The van der Waals surface area contributed by atoms with Crippen molar-refractivity contribution in [3.8, 4) is 22.8 Å². The normalized spacial score (nSPS) is 11.5. The molecule has 0 fully saturated rings. The summed E-state index contributed by atoms with van der Waals surface area (Å²) in [7, 11) is -3.71. The Labute approximate surface area is 191 Å². The molecular formula is C24H20N6O2S. The van der Waals surface area contributed by atoms with Crippen LogP contribution in [0.2, 0.25) is 0 Å². The number of aryl methyl sites for hydroxylation is 1. The van der Waals surface area contributed by atoms with Crippen LogP contribution in [0.1, 0.15) is 12.5 Å². The van der Waals surface area contributed by atoms with Gasteiger partial charge in [0.2, 0.25) is 5.82 Å². The van der Waals surface area contributed by atoms with E-state index in [-0.39, 0.29) is 4.90 Å². The Morgan fingerprint density at radius 3 is 2.48 bits per heavy atom. The van der Waals surface area contributed by atoms with Crippen LogP contribution in [0.4, 0.5) is 5.69 Å². The molecular weight excluding hydrogens is 436 g/mol. The van der Waals surface area contributed by atoms with E-state index in [9.17, 15) is 8.42 Å². The second-order valence-electron chi connectivity index (χ2n) is 7.41. The van der Waals surface area contributed by atoms with Crippen LogP contribution in [-0.4, -0.2) is 33.2 Å². The summed E-state index contributed by atoms with van der Waals surface area (Å²) >= 11 is 0. The molecule has 8 nitrogen and oxygen atoms in total. The van der Waals surface area contributed by atoms with Gasteiger partial charge in [-0.3, -0.25) is 9.71 Å². The van der Waals surface area contributed by atoms with Gasteiger partial charge < -0.3 is 0 Å². The number of nitrogens with zero attached hydrogens (tertiary/aromatic N) is 5. The first kappa shape index (κ1) is 20.8. The van der Waals surface area contributed by atoms with E-state index in [1.807, 2.05) is 55.5 Å². The van der Waals surface area contributed by atoms with E-state index in [1.54, 1.807) is 41.0 Å². The molecule has 164 valence electrons. The maximum atomic E-state index is 12.8. The molecule has 3 aromatic heterocycles. The molecule has 0 aliphatic rings. The predicted molar refractivity (Wildman–Crippen MR) is 126 cm³/mol. The topological polar surface area (TPSA) is 102 Å². The second-order valence-corrected chi connectivity index (χ2v) is 9.09. The minimum absolute atomic E-state index is 0.217. The van der Waals surface area contributed by atoms with Gasteiger partial charge in [-0.15, -0.1) is 10.2 Å². The highest BCUT2D eigenvalue weighted by Crippen LogP contribution is 2.24. The van der Waals surface area contributed by atoms with Crippen molar-refractivity contribution in [1.82, 2.24) is 24.8 Å². The van der Waals surface area contributed by atoms with Gasteiger partial charge in [0.25, 0.3) is 10.0 Å². The molecule has 33 heavy (non-hydrogen) atoms. The van der Waals surface area contributed by atoms with Gasteiger partial charge in [0, 0.05) is 17.4 Å². The Kier molecular flexibility index (Phi) is 5.31. The van der Waals surface area contributed by atoms with E-state index >= 15 is 0 Å². The van der Waals surface area contributed by atoms with E-state index < -0.39 is 10.0 Å². The van der Waals surface area contributed by atoms with Gasteiger partial charge >= 0.3 is 0 Å². The van der Waals surface area contributed by atoms with Crippen molar-refractivity contribution in [3.05, 3.63) is 90.6 Å². The number of hydrogen-bond acceptors (Lipinski definition) is 6. The molecule has 0 aliphatic heterocycles. The van der Waals surface area contributed by atoms with Crippen molar-refractivity contribution in [2.24, 2.45) is 0 Å². The summed E-state index contributed by atoms with van der Waals surface area (Å²) in [6.45, 7) is 2.03. The molecule has 9 heteroatoms. The molecule has 0 saturated heterocycles. The quantitative estimate of drug-likeness (QED) is 0.411. The third-order valence-corrected chi connectivity index (χ3v) is 6.61. The Morgan fingerprint density at radius 2 is 1.73 bits per heavy atom. The molecule has 5 aromatic rings. The highest BCUT2D eigenvalue weighted by atomic mass is 32.2. The van der Waals surface area contributed by atoms with Gasteiger partial charge in [0.05, 0.1) is 10.6 Å². The molecule has 2 aromatic carbocycles. The minimum atomic E-state index is -3.71. The van der Waals surface area contributed by atoms with Gasteiger partial charge in [-0.2, -0.15) is 9.61 Å². The van der Waals surface area contributed by atoms with Gasteiger partial charge in [0.15, 0.2) is 5.65 Å². The van der Waals surface area contributed by atoms with Crippen LogP contribution in [-0.2, 0) is 16.4 Å². The van der Waals surface area contributed by atoms with E-state index in [4.69, 9.17) is 0 Å². The minimum Gasteiger partial charge on any atom is -0.280 e. The van der Waals surface area contributed by atoms with Gasteiger partial charge in [-0.05, 0) is 60.5 Å². The maximum absolute atomic E-state index is 12.8. The molecule has 0 bridgehead atoms. The van der Waals surface area contributed by atoms with Crippen LogP contribution < -0.4 is 4.72 Å². The molecule has 1 N–H and O–H groups in total. The van der Waals surface area contributed by atoms with Crippen molar-refractivity contribution < 1.29 is 8.42 Å². The smallest absolute Gasteiger partial charge is 0.261 e. The van der Waals surface area contributed by atoms with Crippen molar-refractivity contribution >= 4 is 21.4 Å².